The molecule has 0 saturated heterocycles. The lowest BCUT2D eigenvalue weighted by Crippen LogP contribution is -2.54. The Bertz CT molecular complexity index is 1200. The van der Waals surface area contributed by atoms with Crippen LogP contribution >= 0.6 is 15.9 Å². The Morgan fingerprint density at radius 2 is 1.74 bits per heavy atom. The first-order valence-electron chi connectivity index (χ1n) is 10.7. The molecule has 0 spiro atoms. The number of non-ortho nitro benzene ring substituents is 1. The number of carbonyl (C=O) groups excluding carboxylic acids is 2. The number of benzene rings is 2. The van der Waals surface area contributed by atoms with Gasteiger partial charge in [-0.1, -0.05) is 34.1 Å². The van der Waals surface area contributed by atoms with Crippen molar-refractivity contribution in [3.8, 4) is 0 Å². The molecule has 2 aromatic carbocycles. The SMILES string of the molecule is C[C@H](C(=O)NC(C)(C)C)N(Cc1ccc(Br)cc1)C(=O)CN(c1cccc([N+](=O)[O-])c1)S(C)(=O)=O. The fourth-order valence-electron chi connectivity index (χ4n) is 3.22. The van der Waals surface area contributed by atoms with Crippen molar-refractivity contribution < 1.29 is 22.9 Å². The minimum Gasteiger partial charge on any atom is -0.350 e. The van der Waals surface area contributed by atoms with Gasteiger partial charge < -0.3 is 10.2 Å². The number of nitro groups is 1. The Morgan fingerprint density at radius 3 is 2.26 bits per heavy atom. The van der Waals surface area contributed by atoms with Crippen LogP contribution in [0.15, 0.2) is 53.0 Å². The number of hydrogen-bond acceptors (Lipinski definition) is 6. The molecule has 12 heteroatoms. The smallest absolute Gasteiger partial charge is 0.271 e. The predicted octanol–water partition coefficient (Wildman–Crippen LogP) is 3.46. The fraction of sp³-hybridized carbons (Fsp3) is 0.391. The van der Waals surface area contributed by atoms with E-state index in [9.17, 15) is 28.1 Å². The normalized spacial score (nSPS) is 12.5. The maximum Gasteiger partial charge on any atom is 0.271 e. The van der Waals surface area contributed by atoms with E-state index in [4.69, 9.17) is 0 Å². The molecule has 1 N–H and O–H groups in total. The summed E-state index contributed by atoms with van der Waals surface area (Å²) in [6, 6.07) is 11.3. The second-order valence-corrected chi connectivity index (χ2v) is 11.9. The fourth-order valence-corrected chi connectivity index (χ4v) is 4.32. The summed E-state index contributed by atoms with van der Waals surface area (Å²) in [5.74, 6) is -1.04. The van der Waals surface area contributed by atoms with Crippen LogP contribution in [0.3, 0.4) is 0 Å². The zero-order chi connectivity index (χ0) is 26.6. The maximum atomic E-state index is 13.5. The van der Waals surface area contributed by atoms with Crippen molar-refractivity contribution in [1.82, 2.24) is 10.2 Å². The molecule has 1 atom stereocenters. The van der Waals surface area contributed by atoms with Crippen LogP contribution in [0.25, 0.3) is 0 Å². The molecular weight excluding hydrogens is 540 g/mol. The van der Waals surface area contributed by atoms with Crippen molar-refractivity contribution in [2.75, 3.05) is 17.1 Å². The van der Waals surface area contributed by atoms with Crippen LogP contribution in [-0.4, -0.2) is 54.4 Å². The predicted molar refractivity (Wildman–Crippen MR) is 137 cm³/mol. The summed E-state index contributed by atoms with van der Waals surface area (Å²) >= 11 is 3.36. The second kappa shape index (κ2) is 11.2. The van der Waals surface area contributed by atoms with E-state index in [0.29, 0.717) is 0 Å². The molecule has 2 rings (SSSR count). The average molecular weight is 569 g/mol. The Kier molecular flexibility index (Phi) is 9.01. The third kappa shape index (κ3) is 8.32. The van der Waals surface area contributed by atoms with Crippen LogP contribution in [0.2, 0.25) is 0 Å². The highest BCUT2D eigenvalue weighted by atomic mass is 79.9. The minimum atomic E-state index is -3.99. The molecule has 0 radical (unpaired) electrons. The number of sulfonamides is 1. The highest BCUT2D eigenvalue weighted by Gasteiger charge is 2.31. The molecule has 2 amide bonds. The average Bonchev–Trinajstić information content (AvgIpc) is 2.74. The Balaban J connectivity index is 2.43. The molecule has 0 bridgehead atoms. The van der Waals surface area contributed by atoms with E-state index in [1.165, 1.54) is 23.1 Å². The van der Waals surface area contributed by atoms with Gasteiger partial charge in [0.15, 0.2) is 0 Å². The Hall–Kier alpha value is -2.99. The monoisotopic (exact) mass is 568 g/mol. The number of rotatable bonds is 9. The van der Waals surface area contributed by atoms with E-state index in [2.05, 4.69) is 21.2 Å². The van der Waals surface area contributed by atoms with Crippen molar-refractivity contribution in [2.24, 2.45) is 0 Å². The van der Waals surface area contributed by atoms with Gasteiger partial charge in [-0.15, -0.1) is 0 Å². The van der Waals surface area contributed by atoms with Gasteiger partial charge in [-0.2, -0.15) is 0 Å². The molecule has 10 nitrogen and oxygen atoms in total. The lowest BCUT2D eigenvalue weighted by atomic mass is 10.1. The summed E-state index contributed by atoms with van der Waals surface area (Å²) in [5, 5.41) is 14.0. The first kappa shape index (κ1) is 28.2. The van der Waals surface area contributed by atoms with Gasteiger partial charge in [0.05, 0.1) is 16.9 Å². The molecule has 0 saturated carbocycles. The summed E-state index contributed by atoms with van der Waals surface area (Å²) in [7, 11) is -3.99. The number of carbonyl (C=O) groups is 2. The van der Waals surface area contributed by atoms with E-state index in [0.717, 1.165) is 26.7 Å². The quantitative estimate of drug-likeness (QED) is 0.364. The van der Waals surface area contributed by atoms with Gasteiger partial charge in [-0.3, -0.25) is 24.0 Å². The Labute approximate surface area is 213 Å². The van der Waals surface area contributed by atoms with E-state index in [1.54, 1.807) is 31.2 Å². The number of halogens is 1. The van der Waals surface area contributed by atoms with Crippen LogP contribution in [0.5, 0.6) is 0 Å². The molecule has 0 unspecified atom stereocenters. The van der Waals surface area contributed by atoms with Crippen molar-refractivity contribution in [1.29, 1.82) is 0 Å². The van der Waals surface area contributed by atoms with E-state index >= 15 is 0 Å². The Morgan fingerprint density at radius 1 is 1.14 bits per heavy atom. The van der Waals surface area contributed by atoms with Crippen molar-refractivity contribution in [3.63, 3.8) is 0 Å². The number of nitrogens with one attached hydrogen (secondary N) is 1. The number of amides is 2. The van der Waals surface area contributed by atoms with Crippen molar-refractivity contribution >= 4 is 49.1 Å². The minimum absolute atomic E-state index is 0.0227. The third-order valence-corrected chi connectivity index (χ3v) is 6.61. The zero-order valence-corrected chi connectivity index (χ0v) is 22.6. The first-order chi connectivity index (χ1) is 16.1. The maximum absolute atomic E-state index is 13.5. The van der Waals surface area contributed by atoms with Gasteiger partial charge in [0.1, 0.15) is 12.6 Å². The third-order valence-electron chi connectivity index (χ3n) is 4.94. The van der Waals surface area contributed by atoms with Crippen LogP contribution < -0.4 is 9.62 Å². The summed E-state index contributed by atoms with van der Waals surface area (Å²) in [6.45, 7) is 6.42. The van der Waals surface area contributed by atoms with Gasteiger partial charge in [0.2, 0.25) is 21.8 Å². The number of nitrogens with zero attached hydrogens (tertiary/aromatic N) is 3. The van der Waals surface area contributed by atoms with Crippen LogP contribution in [0.1, 0.15) is 33.3 Å². The summed E-state index contributed by atoms with van der Waals surface area (Å²) < 4.78 is 26.8. The molecule has 190 valence electrons. The van der Waals surface area contributed by atoms with Gasteiger partial charge in [-0.05, 0) is 51.5 Å². The standard InChI is InChI=1S/C23H29BrN4O6S/c1-16(22(30)25-23(2,3)4)26(14-17-9-11-18(24)12-10-17)21(29)15-27(35(5,33)34)19-7-6-8-20(13-19)28(31)32/h6-13,16H,14-15H2,1-5H3,(H,25,30)/t16-/m1/s1. The number of hydrogen-bond donors (Lipinski definition) is 1. The van der Waals surface area contributed by atoms with E-state index in [-0.39, 0.29) is 17.9 Å². The largest absolute Gasteiger partial charge is 0.350 e. The van der Waals surface area contributed by atoms with Crippen LogP contribution in [0.4, 0.5) is 11.4 Å². The van der Waals surface area contributed by atoms with Crippen LogP contribution in [-0.2, 0) is 26.2 Å². The molecule has 0 fully saturated rings. The number of nitro benzene ring substituents is 1. The van der Waals surface area contributed by atoms with Gasteiger partial charge in [0, 0.05) is 28.7 Å². The van der Waals surface area contributed by atoms with Crippen molar-refractivity contribution in [2.45, 2.75) is 45.8 Å². The molecule has 2 aromatic rings. The summed E-state index contributed by atoms with van der Waals surface area (Å²) in [5.41, 5.74) is -0.142. The topological polar surface area (TPSA) is 130 Å². The lowest BCUT2D eigenvalue weighted by Gasteiger charge is -2.33. The highest BCUT2D eigenvalue weighted by Crippen LogP contribution is 2.24. The number of anilines is 1. The van der Waals surface area contributed by atoms with Gasteiger partial charge >= 0.3 is 0 Å². The molecular formula is C23H29BrN4O6S. The zero-order valence-electron chi connectivity index (χ0n) is 20.2. The van der Waals surface area contributed by atoms with Gasteiger partial charge in [-0.25, -0.2) is 8.42 Å². The molecule has 0 heterocycles. The second-order valence-electron chi connectivity index (χ2n) is 9.11. The molecule has 35 heavy (non-hydrogen) atoms. The van der Waals surface area contributed by atoms with E-state index < -0.39 is 44.9 Å². The molecule has 0 aliphatic carbocycles. The van der Waals surface area contributed by atoms with Gasteiger partial charge in [0.25, 0.3) is 5.69 Å². The molecule has 0 aromatic heterocycles. The lowest BCUT2D eigenvalue weighted by molar-refractivity contribution is -0.384. The summed E-state index contributed by atoms with van der Waals surface area (Å²) in [4.78, 5) is 38.2. The highest BCUT2D eigenvalue weighted by molar-refractivity contribution is 9.10. The first-order valence-corrected chi connectivity index (χ1v) is 13.3. The van der Waals surface area contributed by atoms with Crippen LogP contribution in [0, 0.1) is 10.1 Å². The van der Waals surface area contributed by atoms with E-state index in [1.807, 2.05) is 20.8 Å². The molecule has 0 aliphatic rings. The van der Waals surface area contributed by atoms with Crippen molar-refractivity contribution in [3.05, 3.63) is 68.7 Å². The molecule has 0 aliphatic heterocycles. The summed E-state index contributed by atoms with van der Waals surface area (Å²) in [6.07, 6.45) is 0.911.